The first-order chi connectivity index (χ1) is 13.2. The highest BCUT2D eigenvalue weighted by atomic mass is 32.1. The lowest BCUT2D eigenvalue weighted by atomic mass is 9.99. The van der Waals surface area contributed by atoms with Crippen LogP contribution in [0.3, 0.4) is 0 Å². The monoisotopic (exact) mass is 376 g/mol. The Kier molecular flexibility index (Phi) is 6.44. The second kappa shape index (κ2) is 9.19. The molecule has 1 atom stereocenters. The van der Waals surface area contributed by atoms with Crippen molar-refractivity contribution in [2.75, 3.05) is 12.4 Å². The molecule has 0 unspecified atom stereocenters. The quantitative estimate of drug-likeness (QED) is 0.570. The van der Waals surface area contributed by atoms with Gasteiger partial charge in [0.1, 0.15) is 5.75 Å². The van der Waals surface area contributed by atoms with Crippen molar-refractivity contribution in [3.8, 4) is 5.75 Å². The lowest BCUT2D eigenvalue weighted by molar-refractivity contribution is 0.414. The van der Waals surface area contributed by atoms with Gasteiger partial charge in [0.25, 0.3) is 0 Å². The molecule has 0 fully saturated rings. The van der Waals surface area contributed by atoms with Crippen molar-refractivity contribution in [2.24, 2.45) is 0 Å². The van der Waals surface area contributed by atoms with Crippen molar-refractivity contribution >= 4 is 23.0 Å². The predicted molar refractivity (Wildman–Crippen MR) is 116 cm³/mol. The Labute approximate surface area is 166 Å². The number of benzene rings is 3. The first-order valence-corrected chi connectivity index (χ1v) is 9.45. The van der Waals surface area contributed by atoms with Gasteiger partial charge in [-0.05, 0) is 59.6 Å². The number of anilines is 1. The van der Waals surface area contributed by atoms with Gasteiger partial charge in [-0.25, -0.2) is 0 Å². The molecule has 0 saturated heterocycles. The Balaban J connectivity index is 1.81. The average Bonchev–Trinajstić information content (AvgIpc) is 2.73. The van der Waals surface area contributed by atoms with E-state index in [0.29, 0.717) is 5.11 Å². The molecule has 0 amide bonds. The Morgan fingerprint density at radius 1 is 0.926 bits per heavy atom. The van der Waals surface area contributed by atoms with Crippen LogP contribution in [0.25, 0.3) is 0 Å². The maximum atomic E-state index is 5.59. The number of methoxy groups -OCH3 is 1. The van der Waals surface area contributed by atoms with Crippen LogP contribution in [0.2, 0.25) is 0 Å². The summed E-state index contributed by atoms with van der Waals surface area (Å²) in [6, 6.07) is 26.6. The second-order valence-electron chi connectivity index (χ2n) is 6.27. The zero-order valence-electron chi connectivity index (χ0n) is 15.6. The first-order valence-electron chi connectivity index (χ1n) is 9.05. The summed E-state index contributed by atoms with van der Waals surface area (Å²) in [5.74, 6) is 0.836. The van der Waals surface area contributed by atoms with E-state index >= 15 is 0 Å². The van der Waals surface area contributed by atoms with E-state index in [2.05, 4.69) is 54.0 Å². The summed E-state index contributed by atoms with van der Waals surface area (Å²) < 4.78 is 5.28. The van der Waals surface area contributed by atoms with E-state index < -0.39 is 0 Å². The molecule has 3 rings (SSSR count). The van der Waals surface area contributed by atoms with E-state index in [1.165, 1.54) is 5.56 Å². The van der Waals surface area contributed by atoms with Crippen LogP contribution in [0.15, 0.2) is 78.9 Å². The maximum absolute atomic E-state index is 5.59. The third-order valence-corrected chi connectivity index (χ3v) is 4.67. The zero-order chi connectivity index (χ0) is 19.1. The molecule has 3 nitrogen and oxygen atoms in total. The van der Waals surface area contributed by atoms with E-state index in [-0.39, 0.29) is 6.04 Å². The Hall–Kier alpha value is -2.85. The molecular formula is C23H24N2OS. The summed E-state index contributed by atoms with van der Waals surface area (Å²) in [6.07, 6.45) is 0.994. The highest BCUT2D eigenvalue weighted by molar-refractivity contribution is 7.80. The Morgan fingerprint density at radius 2 is 1.63 bits per heavy atom. The molecule has 0 saturated carbocycles. The minimum absolute atomic E-state index is 0.0496. The molecule has 0 aliphatic carbocycles. The number of hydrogen-bond acceptors (Lipinski definition) is 2. The summed E-state index contributed by atoms with van der Waals surface area (Å²) in [6.45, 7) is 2.14. The zero-order valence-corrected chi connectivity index (χ0v) is 16.4. The van der Waals surface area contributed by atoms with Crippen molar-refractivity contribution in [3.63, 3.8) is 0 Å². The van der Waals surface area contributed by atoms with Gasteiger partial charge in [-0.1, -0.05) is 61.5 Å². The third kappa shape index (κ3) is 5.08. The highest BCUT2D eigenvalue weighted by Gasteiger charge is 2.15. The van der Waals surface area contributed by atoms with E-state index in [0.717, 1.165) is 29.0 Å². The standard InChI is InChI=1S/C23H24N2OS/c1-3-17-8-7-11-20(16-17)24-23(27)25-22(18-9-5-4-6-10-18)19-12-14-21(26-2)15-13-19/h4-16,22H,3H2,1-2H3,(H2,24,25,27)/t22-/m0/s1. The van der Waals surface area contributed by atoms with Crippen LogP contribution in [0.1, 0.15) is 29.7 Å². The molecule has 3 aromatic carbocycles. The Morgan fingerprint density at radius 3 is 2.30 bits per heavy atom. The molecule has 0 radical (unpaired) electrons. The van der Waals surface area contributed by atoms with E-state index in [4.69, 9.17) is 17.0 Å². The van der Waals surface area contributed by atoms with Gasteiger partial charge in [-0.15, -0.1) is 0 Å². The van der Waals surface area contributed by atoms with Crippen LogP contribution in [0.4, 0.5) is 5.69 Å². The normalized spacial score (nSPS) is 11.5. The van der Waals surface area contributed by atoms with Crippen LogP contribution < -0.4 is 15.4 Å². The van der Waals surface area contributed by atoms with Gasteiger partial charge in [0.15, 0.2) is 5.11 Å². The summed E-state index contributed by atoms with van der Waals surface area (Å²) in [7, 11) is 1.67. The van der Waals surface area contributed by atoms with Crippen molar-refractivity contribution < 1.29 is 4.74 Å². The molecule has 0 bridgehead atoms. The molecule has 0 spiro atoms. The molecule has 2 N–H and O–H groups in total. The van der Waals surface area contributed by atoms with Crippen molar-refractivity contribution in [1.82, 2.24) is 5.32 Å². The number of ether oxygens (including phenoxy) is 1. The van der Waals surface area contributed by atoms with E-state index in [1.807, 2.05) is 42.5 Å². The minimum Gasteiger partial charge on any atom is -0.497 e. The highest BCUT2D eigenvalue weighted by Crippen LogP contribution is 2.24. The van der Waals surface area contributed by atoms with E-state index in [9.17, 15) is 0 Å². The summed E-state index contributed by atoms with van der Waals surface area (Å²) >= 11 is 5.59. The van der Waals surface area contributed by atoms with Crippen molar-refractivity contribution in [3.05, 3.63) is 95.6 Å². The molecule has 0 aliphatic heterocycles. The van der Waals surface area contributed by atoms with Crippen LogP contribution in [0, 0.1) is 0 Å². The van der Waals surface area contributed by atoms with Crippen LogP contribution in [0.5, 0.6) is 5.75 Å². The summed E-state index contributed by atoms with van der Waals surface area (Å²) in [5, 5.41) is 7.35. The minimum atomic E-state index is -0.0496. The van der Waals surface area contributed by atoms with Gasteiger partial charge in [0, 0.05) is 5.69 Å². The van der Waals surface area contributed by atoms with E-state index in [1.54, 1.807) is 7.11 Å². The number of nitrogens with one attached hydrogen (secondary N) is 2. The van der Waals surface area contributed by atoms with Crippen LogP contribution >= 0.6 is 12.2 Å². The Bertz CT molecular complexity index is 878. The maximum Gasteiger partial charge on any atom is 0.171 e. The molecule has 4 heteroatoms. The summed E-state index contributed by atoms with van der Waals surface area (Å²) in [5.41, 5.74) is 4.54. The SMILES string of the molecule is CCc1cccc(NC(=S)N[C@@H](c2ccccc2)c2ccc(OC)cc2)c1. The lowest BCUT2D eigenvalue weighted by Crippen LogP contribution is -2.33. The van der Waals surface area contributed by atoms with Crippen molar-refractivity contribution in [1.29, 1.82) is 0 Å². The van der Waals surface area contributed by atoms with Crippen LogP contribution in [-0.2, 0) is 6.42 Å². The molecule has 27 heavy (non-hydrogen) atoms. The molecular weight excluding hydrogens is 352 g/mol. The predicted octanol–water partition coefficient (Wildman–Crippen LogP) is 5.33. The molecule has 0 heterocycles. The lowest BCUT2D eigenvalue weighted by Gasteiger charge is -2.22. The number of rotatable bonds is 6. The van der Waals surface area contributed by atoms with Gasteiger partial charge >= 0.3 is 0 Å². The topological polar surface area (TPSA) is 33.3 Å². The number of hydrogen-bond donors (Lipinski definition) is 2. The molecule has 0 aliphatic rings. The first kappa shape index (κ1) is 18.9. The van der Waals surface area contributed by atoms with Gasteiger partial charge in [0.2, 0.25) is 0 Å². The molecule has 138 valence electrons. The summed E-state index contributed by atoms with van der Waals surface area (Å²) in [4.78, 5) is 0. The fourth-order valence-electron chi connectivity index (χ4n) is 2.97. The van der Waals surface area contributed by atoms with Crippen molar-refractivity contribution in [2.45, 2.75) is 19.4 Å². The molecule has 3 aromatic rings. The third-order valence-electron chi connectivity index (χ3n) is 4.45. The molecule has 0 aromatic heterocycles. The van der Waals surface area contributed by atoms with Gasteiger partial charge < -0.3 is 15.4 Å². The largest absolute Gasteiger partial charge is 0.497 e. The fourth-order valence-corrected chi connectivity index (χ4v) is 3.20. The van der Waals surface area contributed by atoms with Gasteiger partial charge in [-0.3, -0.25) is 0 Å². The number of thiocarbonyl (C=S) groups is 1. The number of aryl methyl sites for hydroxylation is 1. The average molecular weight is 377 g/mol. The van der Waals surface area contributed by atoms with Gasteiger partial charge in [0.05, 0.1) is 13.2 Å². The smallest absolute Gasteiger partial charge is 0.171 e. The van der Waals surface area contributed by atoms with Crippen LogP contribution in [-0.4, -0.2) is 12.2 Å². The van der Waals surface area contributed by atoms with Gasteiger partial charge in [-0.2, -0.15) is 0 Å². The second-order valence-corrected chi connectivity index (χ2v) is 6.68. The fraction of sp³-hybridized carbons (Fsp3) is 0.174.